The van der Waals surface area contributed by atoms with Gasteiger partial charge in [-0.15, -0.1) is 0 Å². The van der Waals surface area contributed by atoms with Crippen molar-refractivity contribution in [2.24, 2.45) is 0 Å². The summed E-state index contributed by atoms with van der Waals surface area (Å²) in [6, 6.07) is 12.9. The molecule has 2 aromatic rings. The zero-order valence-corrected chi connectivity index (χ0v) is 16.1. The van der Waals surface area contributed by atoms with Crippen LogP contribution in [0.3, 0.4) is 0 Å². The predicted octanol–water partition coefficient (Wildman–Crippen LogP) is 4.95. The summed E-state index contributed by atoms with van der Waals surface area (Å²) in [7, 11) is 0. The molecule has 0 atom stereocenters. The third-order valence-electron chi connectivity index (χ3n) is 3.64. The lowest BCUT2D eigenvalue weighted by Crippen LogP contribution is -2.42. The Morgan fingerprint density at radius 2 is 1.77 bits per heavy atom. The van der Waals surface area contributed by atoms with E-state index in [9.17, 15) is 4.79 Å². The molecule has 0 spiro atoms. The van der Waals surface area contributed by atoms with Gasteiger partial charge in [-0.05, 0) is 18.2 Å². The highest BCUT2D eigenvalue weighted by molar-refractivity contribution is 7.99. The fourth-order valence-corrected chi connectivity index (χ4v) is 3.43. The summed E-state index contributed by atoms with van der Waals surface area (Å²) in [6.07, 6.45) is -0.470. The van der Waals surface area contributed by atoms with Crippen LogP contribution in [-0.2, 0) is 4.74 Å². The molecular formula is C18H17Cl2NO4S. The zero-order valence-electron chi connectivity index (χ0n) is 13.8. The van der Waals surface area contributed by atoms with Gasteiger partial charge in [-0.3, -0.25) is 0 Å². The van der Waals surface area contributed by atoms with E-state index in [1.54, 1.807) is 4.90 Å². The van der Waals surface area contributed by atoms with Crippen LogP contribution in [0.4, 0.5) is 4.79 Å². The molecule has 0 unspecified atom stereocenters. The smallest absolute Gasteiger partial charge is 0.415 e. The van der Waals surface area contributed by atoms with Crippen molar-refractivity contribution < 1.29 is 19.0 Å². The molecule has 1 saturated heterocycles. The van der Waals surface area contributed by atoms with Crippen LogP contribution in [0.25, 0.3) is 0 Å². The van der Waals surface area contributed by atoms with Gasteiger partial charge in [0.05, 0.1) is 23.3 Å². The normalized spacial score (nSPS) is 14.2. The first-order valence-corrected chi connectivity index (χ1v) is 9.72. The monoisotopic (exact) mass is 413 g/mol. The van der Waals surface area contributed by atoms with Gasteiger partial charge in [-0.2, -0.15) is 0 Å². The van der Waals surface area contributed by atoms with Gasteiger partial charge < -0.3 is 19.1 Å². The summed E-state index contributed by atoms with van der Waals surface area (Å²) in [4.78, 5) is 14.9. The van der Waals surface area contributed by atoms with Gasteiger partial charge >= 0.3 is 6.09 Å². The number of hydrogen-bond donors (Lipinski definition) is 0. The maximum absolute atomic E-state index is 12.2. The fraction of sp³-hybridized carbons (Fsp3) is 0.278. The molecule has 0 bridgehead atoms. The average molecular weight is 414 g/mol. The largest absolute Gasteiger partial charge is 0.481 e. The Morgan fingerprint density at radius 1 is 1.08 bits per heavy atom. The van der Waals surface area contributed by atoms with Crippen molar-refractivity contribution in [3.63, 3.8) is 0 Å². The second-order valence-corrected chi connectivity index (χ2v) is 7.21. The lowest BCUT2D eigenvalue weighted by Gasteiger charge is -2.26. The Bertz CT molecular complexity index is 754. The summed E-state index contributed by atoms with van der Waals surface area (Å²) in [5.74, 6) is 0.985. The maximum Gasteiger partial charge on any atom is 0.415 e. The average Bonchev–Trinajstić information content (AvgIpc) is 2.66. The minimum atomic E-state index is -0.470. The number of hydrogen-bond acceptors (Lipinski definition) is 5. The Kier molecular flexibility index (Phi) is 6.91. The molecule has 138 valence electrons. The third-order valence-corrected chi connectivity index (χ3v) is 5.07. The lowest BCUT2D eigenvalue weighted by molar-refractivity contribution is 0.0416. The van der Waals surface area contributed by atoms with Gasteiger partial charge in [0.15, 0.2) is 5.75 Å². The minimum absolute atomic E-state index is 0.215. The number of amides is 1. The van der Waals surface area contributed by atoms with Crippen molar-refractivity contribution in [2.45, 2.75) is 4.90 Å². The summed E-state index contributed by atoms with van der Waals surface area (Å²) in [5, 5.41) is 0.606. The molecular weight excluding hydrogens is 397 g/mol. The number of carbonyl (C=O) groups excluding carboxylic acids is 1. The first kappa shape index (κ1) is 19.2. The van der Waals surface area contributed by atoms with Gasteiger partial charge in [-0.25, -0.2) is 4.79 Å². The Morgan fingerprint density at radius 3 is 2.50 bits per heavy atom. The van der Waals surface area contributed by atoms with Crippen LogP contribution < -0.4 is 9.47 Å². The summed E-state index contributed by atoms with van der Waals surface area (Å²) in [6.45, 7) is 1.96. The molecule has 26 heavy (non-hydrogen) atoms. The first-order chi connectivity index (χ1) is 12.6. The highest BCUT2D eigenvalue weighted by Crippen LogP contribution is 2.36. The predicted molar refractivity (Wildman–Crippen MR) is 103 cm³/mol. The van der Waals surface area contributed by atoms with Crippen molar-refractivity contribution in [1.29, 1.82) is 0 Å². The van der Waals surface area contributed by atoms with E-state index in [1.165, 1.54) is 23.9 Å². The van der Waals surface area contributed by atoms with E-state index in [0.29, 0.717) is 43.0 Å². The summed E-state index contributed by atoms with van der Waals surface area (Å²) in [5.41, 5.74) is 0. The van der Waals surface area contributed by atoms with Crippen LogP contribution >= 0.6 is 35.0 Å². The third kappa shape index (κ3) is 5.20. The Labute approximate surface area is 166 Å². The Hall–Kier alpha value is -1.60. The van der Waals surface area contributed by atoms with Crippen molar-refractivity contribution in [3.8, 4) is 11.5 Å². The lowest BCUT2D eigenvalue weighted by atomic mass is 10.3. The molecule has 0 aromatic heterocycles. The number of carbonyl (C=O) groups is 1. The highest BCUT2D eigenvalue weighted by Gasteiger charge is 2.21. The SMILES string of the molecule is O=C(Oc1cc(OCSc2ccccc2)c(Cl)cc1Cl)N1CCOCC1. The molecule has 1 aliphatic rings. The van der Waals surface area contributed by atoms with Gasteiger partial charge in [0.2, 0.25) is 0 Å². The van der Waals surface area contributed by atoms with Crippen LogP contribution in [0, 0.1) is 0 Å². The standard InChI is InChI=1S/C18H17Cl2NO4S/c19-14-10-15(20)17(25-18(22)21-6-8-23-9-7-21)11-16(14)24-12-26-13-4-2-1-3-5-13/h1-5,10-11H,6-9,12H2. The molecule has 8 heteroatoms. The summed E-state index contributed by atoms with van der Waals surface area (Å²) < 4.78 is 16.3. The molecule has 0 aliphatic carbocycles. The quantitative estimate of drug-likeness (QED) is 0.512. The van der Waals surface area contributed by atoms with Gasteiger partial charge in [0.25, 0.3) is 0 Å². The molecule has 1 aliphatic heterocycles. The number of rotatable bonds is 5. The number of benzene rings is 2. The number of ether oxygens (including phenoxy) is 3. The van der Waals surface area contributed by atoms with E-state index in [4.69, 9.17) is 37.4 Å². The van der Waals surface area contributed by atoms with Crippen LogP contribution in [-0.4, -0.2) is 43.2 Å². The number of nitrogens with zero attached hydrogens (tertiary/aromatic N) is 1. The number of morpholine rings is 1. The molecule has 0 saturated carbocycles. The summed E-state index contributed by atoms with van der Waals surface area (Å²) >= 11 is 13.9. The van der Waals surface area contributed by atoms with E-state index >= 15 is 0 Å². The van der Waals surface area contributed by atoms with Gasteiger partial charge in [-0.1, -0.05) is 53.2 Å². The molecule has 3 rings (SSSR count). The van der Waals surface area contributed by atoms with Gasteiger partial charge in [0, 0.05) is 24.1 Å². The van der Waals surface area contributed by atoms with Crippen molar-refractivity contribution in [2.75, 3.05) is 32.2 Å². The van der Waals surface area contributed by atoms with E-state index in [2.05, 4.69) is 0 Å². The fourth-order valence-electron chi connectivity index (χ4n) is 2.28. The second kappa shape index (κ2) is 9.37. The highest BCUT2D eigenvalue weighted by atomic mass is 35.5. The van der Waals surface area contributed by atoms with Gasteiger partial charge in [0.1, 0.15) is 11.7 Å². The molecule has 1 heterocycles. The van der Waals surface area contributed by atoms with E-state index in [-0.39, 0.29) is 10.8 Å². The maximum atomic E-state index is 12.2. The van der Waals surface area contributed by atoms with Crippen LogP contribution in [0.2, 0.25) is 10.0 Å². The van der Waals surface area contributed by atoms with Crippen molar-refractivity contribution in [1.82, 2.24) is 4.90 Å². The first-order valence-electron chi connectivity index (χ1n) is 7.97. The van der Waals surface area contributed by atoms with Crippen molar-refractivity contribution in [3.05, 3.63) is 52.5 Å². The second-order valence-electron chi connectivity index (χ2n) is 5.40. The molecule has 0 radical (unpaired) electrons. The zero-order chi connectivity index (χ0) is 18.4. The molecule has 0 N–H and O–H groups in total. The van der Waals surface area contributed by atoms with E-state index in [1.807, 2.05) is 30.3 Å². The topological polar surface area (TPSA) is 48.0 Å². The van der Waals surface area contributed by atoms with Crippen molar-refractivity contribution >= 4 is 41.1 Å². The van der Waals surface area contributed by atoms with Crippen LogP contribution in [0.1, 0.15) is 0 Å². The molecule has 1 fully saturated rings. The van der Waals surface area contributed by atoms with E-state index < -0.39 is 6.09 Å². The van der Waals surface area contributed by atoms with E-state index in [0.717, 1.165) is 4.90 Å². The molecule has 2 aromatic carbocycles. The Balaban J connectivity index is 1.63. The molecule has 1 amide bonds. The minimum Gasteiger partial charge on any atom is -0.481 e. The molecule has 5 nitrogen and oxygen atoms in total. The number of thioether (sulfide) groups is 1. The van der Waals surface area contributed by atoms with Crippen LogP contribution in [0.15, 0.2) is 47.4 Å². The number of halogens is 2. The van der Waals surface area contributed by atoms with Crippen LogP contribution in [0.5, 0.6) is 11.5 Å².